The Morgan fingerprint density at radius 3 is 2.71 bits per heavy atom. The van der Waals surface area contributed by atoms with E-state index in [1.807, 2.05) is 0 Å². The van der Waals surface area contributed by atoms with E-state index < -0.39 is 0 Å². The minimum atomic E-state index is -0.170. The molecule has 7 heteroatoms. The Balaban J connectivity index is 1.79. The summed E-state index contributed by atoms with van der Waals surface area (Å²) in [5.74, 6) is 1.13. The van der Waals surface area contributed by atoms with Crippen LogP contribution in [0.1, 0.15) is 48.5 Å². The van der Waals surface area contributed by atoms with E-state index in [9.17, 15) is 4.79 Å². The Labute approximate surface area is 186 Å². The van der Waals surface area contributed by atoms with E-state index in [4.69, 9.17) is 19.2 Å². The number of methoxy groups -OCH3 is 2. The molecule has 1 aliphatic heterocycles. The van der Waals surface area contributed by atoms with E-state index in [1.54, 1.807) is 37.3 Å². The van der Waals surface area contributed by atoms with Crippen LogP contribution in [0.15, 0.2) is 36.4 Å². The predicted molar refractivity (Wildman–Crippen MR) is 124 cm³/mol. The highest BCUT2D eigenvalue weighted by molar-refractivity contribution is 7.22. The molecule has 1 unspecified atom stereocenters. The lowest BCUT2D eigenvalue weighted by Crippen LogP contribution is -2.37. The maximum Gasteiger partial charge on any atom is 0.264 e. The topological polar surface area (TPSA) is 60.9 Å². The molecule has 164 valence electrons. The van der Waals surface area contributed by atoms with Gasteiger partial charge in [-0.3, -0.25) is 9.69 Å². The first-order valence-electron chi connectivity index (χ1n) is 10.6. The predicted octanol–water partition coefficient (Wildman–Crippen LogP) is 5.26. The number of benzene rings is 2. The lowest BCUT2D eigenvalue weighted by Gasteiger charge is -2.24. The van der Waals surface area contributed by atoms with Gasteiger partial charge in [0.2, 0.25) is 0 Å². The number of nitrogens with zero attached hydrogens (tertiary/aromatic N) is 2. The van der Waals surface area contributed by atoms with E-state index in [1.165, 1.54) is 16.9 Å². The van der Waals surface area contributed by atoms with Gasteiger partial charge in [-0.15, -0.1) is 0 Å². The fourth-order valence-electron chi connectivity index (χ4n) is 3.98. The van der Waals surface area contributed by atoms with Crippen molar-refractivity contribution in [2.45, 2.75) is 38.7 Å². The number of anilines is 1. The van der Waals surface area contributed by atoms with Crippen molar-refractivity contribution in [2.75, 3.05) is 32.3 Å². The number of amides is 1. The number of carbonyl (C=O) groups is 1. The molecule has 2 aromatic carbocycles. The van der Waals surface area contributed by atoms with Crippen molar-refractivity contribution >= 4 is 32.6 Å². The number of rotatable bonds is 7. The molecule has 2 heterocycles. The third kappa shape index (κ3) is 4.25. The first-order chi connectivity index (χ1) is 15.0. The maximum atomic E-state index is 13.8. The molecule has 1 aromatic heterocycles. The number of hydrogen-bond donors (Lipinski definition) is 0. The summed E-state index contributed by atoms with van der Waals surface area (Å²) in [4.78, 5) is 20.4. The quantitative estimate of drug-likeness (QED) is 0.501. The molecular formula is C24H28N2O4S. The van der Waals surface area contributed by atoms with Gasteiger partial charge < -0.3 is 14.2 Å². The monoisotopic (exact) mass is 440 g/mol. The smallest absolute Gasteiger partial charge is 0.264 e. The lowest BCUT2D eigenvalue weighted by molar-refractivity contribution is 0.0914. The van der Waals surface area contributed by atoms with Crippen molar-refractivity contribution < 1.29 is 19.0 Å². The summed E-state index contributed by atoms with van der Waals surface area (Å²) >= 11 is 1.53. The number of thiazole rings is 1. The van der Waals surface area contributed by atoms with Crippen molar-refractivity contribution in [3.8, 4) is 11.5 Å². The van der Waals surface area contributed by atoms with Gasteiger partial charge in [0.05, 0.1) is 42.6 Å². The van der Waals surface area contributed by atoms with Crippen LogP contribution >= 0.6 is 11.3 Å². The summed E-state index contributed by atoms with van der Waals surface area (Å²) in [6, 6.07) is 11.6. The summed E-state index contributed by atoms with van der Waals surface area (Å²) in [6.07, 6.45) is 1.94. The fraction of sp³-hybridized carbons (Fsp3) is 0.417. The maximum absolute atomic E-state index is 13.8. The number of carbonyl (C=O) groups excluding carboxylic acids is 1. The molecule has 0 spiro atoms. The van der Waals surface area contributed by atoms with E-state index >= 15 is 0 Å². The van der Waals surface area contributed by atoms with Crippen LogP contribution in [0, 0.1) is 0 Å². The highest BCUT2D eigenvalue weighted by Crippen LogP contribution is 2.37. The highest BCUT2D eigenvalue weighted by Gasteiger charge is 2.30. The third-order valence-corrected chi connectivity index (χ3v) is 6.62. The van der Waals surface area contributed by atoms with Crippen molar-refractivity contribution in [3.63, 3.8) is 0 Å². The average molecular weight is 441 g/mol. The van der Waals surface area contributed by atoms with Crippen molar-refractivity contribution in [3.05, 3.63) is 47.5 Å². The SMILES string of the molecule is COc1cccc(C(=O)N(CC2CCCO2)c2nc3c(C(C)C)cccc3s2)c1OC. The van der Waals surface area contributed by atoms with Crippen molar-refractivity contribution in [1.82, 2.24) is 4.98 Å². The molecule has 1 fully saturated rings. The fourth-order valence-corrected chi connectivity index (χ4v) is 4.99. The first-order valence-corrected chi connectivity index (χ1v) is 11.4. The molecule has 1 amide bonds. The van der Waals surface area contributed by atoms with Crippen LogP contribution in [0.25, 0.3) is 10.2 Å². The summed E-state index contributed by atoms with van der Waals surface area (Å²) in [5.41, 5.74) is 2.59. The molecule has 0 bridgehead atoms. The van der Waals surface area contributed by atoms with Gasteiger partial charge in [-0.1, -0.05) is 43.4 Å². The molecule has 1 atom stereocenters. The van der Waals surface area contributed by atoms with Crippen molar-refractivity contribution in [1.29, 1.82) is 0 Å². The average Bonchev–Trinajstić information content (AvgIpc) is 3.45. The van der Waals surface area contributed by atoms with Crippen LogP contribution < -0.4 is 14.4 Å². The van der Waals surface area contributed by atoms with Gasteiger partial charge in [0.25, 0.3) is 5.91 Å². The van der Waals surface area contributed by atoms with Gasteiger partial charge >= 0.3 is 0 Å². The zero-order chi connectivity index (χ0) is 22.0. The number of para-hydroxylation sites is 2. The normalized spacial score (nSPS) is 16.1. The van der Waals surface area contributed by atoms with Gasteiger partial charge in [-0.25, -0.2) is 4.98 Å². The molecule has 0 radical (unpaired) electrons. The third-order valence-electron chi connectivity index (χ3n) is 5.58. The summed E-state index contributed by atoms with van der Waals surface area (Å²) in [7, 11) is 3.11. The zero-order valence-electron chi connectivity index (χ0n) is 18.4. The summed E-state index contributed by atoms with van der Waals surface area (Å²) in [5, 5.41) is 0.675. The Bertz CT molecular complexity index is 1070. The molecule has 4 rings (SSSR count). The van der Waals surface area contributed by atoms with E-state index in [-0.39, 0.29) is 12.0 Å². The molecule has 0 saturated carbocycles. The second-order valence-electron chi connectivity index (χ2n) is 7.94. The molecule has 1 aliphatic rings. The van der Waals surface area contributed by atoms with Gasteiger partial charge in [0, 0.05) is 6.61 Å². The molecule has 31 heavy (non-hydrogen) atoms. The highest BCUT2D eigenvalue weighted by atomic mass is 32.1. The van der Waals surface area contributed by atoms with Gasteiger partial charge in [-0.2, -0.15) is 0 Å². The summed E-state index contributed by atoms with van der Waals surface area (Å²) < 4.78 is 17.9. The number of fused-ring (bicyclic) bond motifs is 1. The molecule has 3 aromatic rings. The number of ether oxygens (including phenoxy) is 3. The Morgan fingerprint density at radius 1 is 1.23 bits per heavy atom. The standard InChI is InChI=1S/C24H28N2O4S/c1-15(2)17-9-6-12-20-21(17)25-24(31-20)26(14-16-8-7-13-30-16)23(27)18-10-5-11-19(28-3)22(18)29-4/h5-6,9-12,15-16H,7-8,13-14H2,1-4H3. The Hall–Kier alpha value is -2.64. The van der Waals surface area contributed by atoms with Crippen LogP contribution in [0.2, 0.25) is 0 Å². The van der Waals surface area contributed by atoms with Crippen molar-refractivity contribution in [2.24, 2.45) is 0 Å². The van der Waals surface area contributed by atoms with E-state index in [0.29, 0.717) is 34.7 Å². The number of aromatic nitrogens is 1. The molecule has 6 nitrogen and oxygen atoms in total. The lowest BCUT2D eigenvalue weighted by atomic mass is 10.0. The summed E-state index contributed by atoms with van der Waals surface area (Å²) in [6.45, 7) is 5.50. The number of hydrogen-bond acceptors (Lipinski definition) is 6. The Kier molecular flexibility index (Phi) is 6.43. The second kappa shape index (κ2) is 9.24. The molecule has 0 aliphatic carbocycles. The first kappa shape index (κ1) is 21.6. The van der Waals surface area contributed by atoms with E-state index in [2.05, 4.69) is 32.0 Å². The zero-order valence-corrected chi connectivity index (χ0v) is 19.2. The largest absolute Gasteiger partial charge is 0.493 e. The van der Waals surface area contributed by atoms with Gasteiger partial charge in [0.15, 0.2) is 16.6 Å². The second-order valence-corrected chi connectivity index (χ2v) is 8.95. The minimum absolute atomic E-state index is 0.00265. The van der Waals surface area contributed by atoms with Crippen LogP contribution in [0.3, 0.4) is 0 Å². The van der Waals surface area contributed by atoms with E-state index in [0.717, 1.165) is 29.7 Å². The van der Waals surface area contributed by atoms with Crippen LogP contribution in [-0.2, 0) is 4.74 Å². The molecule has 1 saturated heterocycles. The van der Waals surface area contributed by atoms with Crippen LogP contribution in [0.4, 0.5) is 5.13 Å². The Morgan fingerprint density at radius 2 is 2.03 bits per heavy atom. The van der Waals surface area contributed by atoms with Crippen LogP contribution in [0.5, 0.6) is 11.5 Å². The van der Waals surface area contributed by atoms with Gasteiger partial charge in [-0.05, 0) is 42.5 Å². The van der Waals surface area contributed by atoms with Crippen LogP contribution in [-0.4, -0.2) is 44.4 Å². The minimum Gasteiger partial charge on any atom is -0.493 e. The van der Waals surface area contributed by atoms with Gasteiger partial charge in [0.1, 0.15) is 0 Å². The molecule has 0 N–H and O–H groups in total. The molecular weight excluding hydrogens is 412 g/mol.